The van der Waals surface area contributed by atoms with Crippen LogP contribution in [0.2, 0.25) is 0 Å². The molecule has 0 amide bonds. The normalized spacial score (nSPS) is 38.7. The van der Waals surface area contributed by atoms with E-state index in [1.165, 1.54) is 29.6 Å². The Kier molecular flexibility index (Phi) is 3.89. The fourth-order valence-corrected chi connectivity index (χ4v) is 10.6. The van der Waals surface area contributed by atoms with Gasteiger partial charge in [-0.1, -0.05) is 46.0 Å². The first-order valence-corrected chi connectivity index (χ1v) is 11.1. The first-order chi connectivity index (χ1) is 9.13. The highest BCUT2D eigenvalue weighted by Gasteiger charge is 2.39. The van der Waals surface area contributed by atoms with Gasteiger partial charge >= 0.3 is 0 Å². The molecule has 2 aliphatic heterocycles. The zero-order chi connectivity index (χ0) is 13.5. The second-order valence-corrected chi connectivity index (χ2v) is 12.3. The molecule has 2 saturated heterocycles. The van der Waals surface area contributed by atoms with Gasteiger partial charge in [0.2, 0.25) is 0 Å². The Morgan fingerprint density at radius 1 is 1.16 bits per heavy atom. The lowest BCUT2D eigenvalue weighted by molar-refractivity contribution is 0.579. The maximum absolute atomic E-state index is 13.4. The summed E-state index contributed by atoms with van der Waals surface area (Å²) in [4.78, 5) is 0. The Labute approximate surface area is 118 Å². The van der Waals surface area contributed by atoms with E-state index in [-0.39, 0.29) is 7.92 Å². The van der Waals surface area contributed by atoms with Gasteiger partial charge in [-0.25, -0.2) is 0 Å². The van der Waals surface area contributed by atoms with Gasteiger partial charge < -0.3 is 4.57 Å². The van der Waals surface area contributed by atoms with Gasteiger partial charge in [-0.3, -0.25) is 0 Å². The van der Waals surface area contributed by atoms with Crippen LogP contribution in [0.1, 0.15) is 39.5 Å². The third kappa shape index (κ3) is 2.34. The van der Waals surface area contributed by atoms with Crippen LogP contribution in [0.25, 0.3) is 0 Å². The molecule has 0 aromatic heterocycles. The van der Waals surface area contributed by atoms with Crippen LogP contribution in [-0.4, -0.2) is 23.6 Å². The minimum Gasteiger partial charge on any atom is -0.318 e. The first-order valence-electron chi connectivity index (χ1n) is 7.58. The lowest BCUT2D eigenvalue weighted by atomic mass is 10.3. The molecule has 3 heteroatoms. The van der Waals surface area contributed by atoms with Crippen molar-refractivity contribution in [3.63, 3.8) is 0 Å². The van der Waals surface area contributed by atoms with E-state index in [1.54, 1.807) is 0 Å². The number of hydrogen-bond acceptors (Lipinski definition) is 1. The Balaban J connectivity index is 2.05. The van der Waals surface area contributed by atoms with Crippen LogP contribution in [0.15, 0.2) is 24.3 Å². The van der Waals surface area contributed by atoms with E-state index in [0.29, 0.717) is 5.66 Å². The summed E-state index contributed by atoms with van der Waals surface area (Å²) in [6.45, 7) is 4.60. The van der Waals surface area contributed by atoms with E-state index in [1.807, 2.05) is 0 Å². The van der Waals surface area contributed by atoms with E-state index in [9.17, 15) is 4.57 Å². The van der Waals surface area contributed by atoms with Gasteiger partial charge in [0.1, 0.15) is 7.14 Å². The molecule has 4 atom stereocenters. The summed E-state index contributed by atoms with van der Waals surface area (Å²) in [6.07, 6.45) is 7.32. The molecule has 0 bridgehead atoms. The van der Waals surface area contributed by atoms with Crippen molar-refractivity contribution in [2.75, 3.05) is 12.3 Å². The molecular weight excluding hydrogens is 270 g/mol. The molecule has 0 N–H and O–H groups in total. The van der Waals surface area contributed by atoms with Gasteiger partial charge in [0, 0.05) is 17.1 Å². The van der Waals surface area contributed by atoms with Crippen LogP contribution >= 0.6 is 15.1 Å². The van der Waals surface area contributed by atoms with E-state index in [2.05, 4.69) is 38.1 Å². The SMILES string of the molecule is C[C@@H]1CCCP1c1ccccc1P1(=O)CCC[C@H]1C. The van der Waals surface area contributed by atoms with Crippen molar-refractivity contribution in [2.45, 2.75) is 50.8 Å². The van der Waals surface area contributed by atoms with Crippen LogP contribution in [-0.2, 0) is 4.57 Å². The maximum Gasteiger partial charge on any atom is 0.118 e. The zero-order valence-electron chi connectivity index (χ0n) is 12.0. The molecule has 104 valence electrons. The number of benzene rings is 1. The largest absolute Gasteiger partial charge is 0.318 e. The lowest BCUT2D eigenvalue weighted by Gasteiger charge is -2.25. The Morgan fingerprint density at radius 3 is 2.58 bits per heavy atom. The molecule has 2 heterocycles. The van der Waals surface area contributed by atoms with Crippen molar-refractivity contribution in [1.82, 2.24) is 0 Å². The lowest BCUT2D eigenvalue weighted by Crippen LogP contribution is -2.27. The van der Waals surface area contributed by atoms with Crippen molar-refractivity contribution < 1.29 is 4.57 Å². The highest BCUT2D eigenvalue weighted by Crippen LogP contribution is 2.58. The number of hydrogen-bond donors (Lipinski definition) is 0. The van der Waals surface area contributed by atoms with Crippen LogP contribution in [0, 0.1) is 0 Å². The fraction of sp³-hybridized carbons (Fsp3) is 0.625. The Hall–Kier alpha value is -0.120. The second-order valence-electron chi connectivity index (χ2n) is 6.18. The van der Waals surface area contributed by atoms with Gasteiger partial charge in [0.15, 0.2) is 0 Å². The van der Waals surface area contributed by atoms with Crippen LogP contribution < -0.4 is 10.6 Å². The molecule has 0 spiro atoms. The Bertz CT molecular complexity index is 511. The summed E-state index contributed by atoms with van der Waals surface area (Å²) in [6, 6.07) is 8.72. The monoisotopic (exact) mass is 294 g/mol. The summed E-state index contributed by atoms with van der Waals surface area (Å²) >= 11 is 0. The van der Waals surface area contributed by atoms with E-state index >= 15 is 0 Å². The van der Waals surface area contributed by atoms with Crippen molar-refractivity contribution in [1.29, 1.82) is 0 Å². The van der Waals surface area contributed by atoms with E-state index in [0.717, 1.165) is 24.7 Å². The quantitative estimate of drug-likeness (QED) is 0.749. The third-order valence-corrected chi connectivity index (χ3v) is 12.2. The van der Waals surface area contributed by atoms with Gasteiger partial charge in [-0.15, -0.1) is 0 Å². The molecule has 0 saturated carbocycles. The fourth-order valence-electron chi connectivity index (χ4n) is 3.73. The van der Waals surface area contributed by atoms with Gasteiger partial charge in [-0.2, -0.15) is 0 Å². The Morgan fingerprint density at radius 2 is 1.95 bits per heavy atom. The minimum absolute atomic E-state index is 0.0614. The smallest absolute Gasteiger partial charge is 0.118 e. The van der Waals surface area contributed by atoms with Crippen molar-refractivity contribution in [2.24, 2.45) is 0 Å². The summed E-state index contributed by atoms with van der Waals surface area (Å²) in [5, 5.41) is 2.75. The van der Waals surface area contributed by atoms with Crippen LogP contribution in [0.4, 0.5) is 0 Å². The van der Waals surface area contributed by atoms with Crippen molar-refractivity contribution in [3.05, 3.63) is 24.3 Å². The summed E-state index contributed by atoms with van der Waals surface area (Å²) in [5.41, 5.74) is 1.22. The minimum atomic E-state index is -2.11. The number of rotatable bonds is 2. The standard InChI is InChI=1S/C16H24OP2/c1-13-7-5-11-18(13)15-9-3-4-10-16(15)19(17)12-6-8-14(19)2/h3-4,9-10,13-14H,5-8,11-12H2,1-2H3/t13-,14-,18?,19?/m1/s1. The second kappa shape index (κ2) is 5.34. The van der Waals surface area contributed by atoms with Gasteiger partial charge in [0.05, 0.1) is 0 Å². The molecular formula is C16H24OP2. The zero-order valence-corrected chi connectivity index (χ0v) is 13.8. The molecule has 0 aliphatic carbocycles. The van der Waals surface area contributed by atoms with Crippen molar-refractivity contribution in [3.8, 4) is 0 Å². The molecule has 1 aromatic carbocycles. The molecule has 1 aromatic rings. The molecule has 2 aliphatic rings. The predicted molar refractivity (Wildman–Crippen MR) is 87.4 cm³/mol. The molecule has 19 heavy (non-hydrogen) atoms. The van der Waals surface area contributed by atoms with Crippen LogP contribution in [0.5, 0.6) is 0 Å². The average molecular weight is 294 g/mol. The van der Waals surface area contributed by atoms with Gasteiger partial charge in [-0.05, 0) is 42.8 Å². The molecule has 2 unspecified atom stereocenters. The first kappa shape index (κ1) is 13.8. The van der Waals surface area contributed by atoms with Gasteiger partial charge in [0.25, 0.3) is 0 Å². The maximum atomic E-state index is 13.4. The summed E-state index contributed by atoms with van der Waals surface area (Å²) in [5.74, 6) is 0. The molecule has 2 fully saturated rings. The highest BCUT2D eigenvalue weighted by molar-refractivity contribution is 7.76. The third-order valence-electron chi connectivity index (χ3n) is 4.98. The molecule has 3 rings (SSSR count). The highest BCUT2D eigenvalue weighted by atomic mass is 31.2. The summed E-state index contributed by atoms with van der Waals surface area (Å²) < 4.78 is 13.4. The average Bonchev–Trinajstić information content (AvgIpc) is 2.98. The molecule has 0 radical (unpaired) electrons. The predicted octanol–water partition coefficient (Wildman–Crippen LogP) is 4.15. The summed E-state index contributed by atoms with van der Waals surface area (Å²) in [7, 11) is -2.18. The van der Waals surface area contributed by atoms with Crippen molar-refractivity contribution >= 4 is 25.7 Å². The topological polar surface area (TPSA) is 17.1 Å². The molecule has 1 nitrogen and oxygen atoms in total. The van der Waals surface area contributed by atoms with E-state index < -0.39 is 7.14 Å². The van der Waals surface area contributed by atoms with E-state index in [4.69, 9.17) is 0 Å². The van der Waals surface area contributed by atoms with Crippen LogP contribution in [0.3, 0.4) is 0 Å².